The Hall–Kier alpha value is -3.02. The molecule has 4 rings (SSSR count). The fourth-order valence-corrected chi connectivity index (χ4v) is 6.28. The van der Waals surface area contributed by atoms with Crippen LogP contribution < -0.4 is 19.7 Å². The Labute approximate surface area is 208 Å². The van der Waals surface area contributed by atoms with Crippen LogP contribution in [0.15, 0.2) is 41.3 Å². The minimum atomic E-state index is -3.99. The summed E-state index contributed by atoms with van der Waals surface area (Å²) < 4.78 is 35.0. The molecule has 1 atom stereocenters. The number of amides is 2. The molecule has 186 valence electrons. The number of ether oxygens (including phenoxy) is 1. The summed E-state index contributed by atoms with van der Waals surface area (Å²) in [6.45, 7) is 5.87. The second-order valence-corrected chi connectivity index (χ2v) is 11.4. The van der Waals surface area contributed by atoms with Crippen LogP contribution in [0.3, 0.4) is 0 Å². The molecular weight excluding hydrogens is 488 g/mol. The summed E-state index contributed by atoms with van der Waals surface area (Å²) in [4.78, 5) is 31.3. The van der Waals surface area contributed by atoms with Crippen molar-refractivity contribution < 1.29 is 22.7 Å². The van der Waals surface area contributed by atoms with Gasteiger partial charge in [-0.1, -0.05) is 32.1 Å². The number of methoxy groups -OCH3 is 1. The van der Waals surface area contributed by atoms with Crippen LogP contribution in [0.4, 0.5) is 10.8 Å². The Balaban J connectivity index is 1.53. The van der Waals surface area contributed by atoms with Gasteiger partial charge in [0.2, 0.25) is 21.8 Å². The number of benzene rings is 2. The summed E-state index contributed by atoms with van der Waals surface area (Å²) >= 11 is 1.28. The highest BCUT2D eigenvalue weighted by Crippen LogP contribution is 2.31. The Bertz CT molecular complexity index is 1380. The predicted molar refractivity (Wildman–Crippen MR) is 137 cm³/mol. The number of thiazole rings is 1. The lowest BCUT2D eigenvalue weighted by molar-refractivity contribution is -0.119. The van der Waals surface area contributed by atoms with E-state index in [-0.39, 0.29) is 16.7 Å². The van der Waals surface area contributed by atoms with Crippen molar-refractivity contribution in [3.63, 3.8) is 0 Å². The van der Waals surface area contributed by atoms with E-state index in [0.717, 1.165) is 16.0 Å². The summed E-state index contributed by atoms with van der Waals surface area (Å²) in [5.74, 6) is -0.118. The molecule has 1 aliphatic rings. The van der Waals surface area contributed by atoms with Gasteiger partial charge >= 0.3 is 0 Å². The largest absolute Gasteiger partial charge is 0.497 e. The molecule has 0 fully saturated rings. The number of carbonyl (C=O) groups is 2. The van der Waals surface area contributed by atoms with Gasteiger partial charge in [0.15, 0.2) is 5.13 Å². The Kier molecular flexibility index (Phi) is 7.11. The zero-order chi connectivity index (χ0) is 25.3. The molecule has 0 spiro atoms. The third kappa shape index (κ3) is 5.16. The van der Waals surface area contributed by atoms with E-state index < -0.39 is 22.0 Å². The number of nitrogens with one attached hydrogen (secondary N) is 2. The number of carbonyl (C=O) groups excluding carboxylic acids is 2. The Morgan fingerprint density at radius 1 is 1.20 bits per heavy atom. The van der Waals surface area contributed by atoms with Crippen molar-refractivity contribution in [2.75, 3.05) is 23.9 Å². The van der Waals surface area contributed by atoms with Crippen molar-refractivity contribution in [1.82, 2.24) is 9.71 Å². The van der Waals surface area contributed by atoms with Gasteiger partial charge < -0.3 is 15.0 Å². The van der Waals surface area contributed by atoms with Gasteiger partial charge in [0, 0.05) is 18.7 Å². The number of hydrogen-bond donors (Lipinski definition) is 2. The summed E-state index contributed by atoms with van der Waals surface area (Å²) in [7, 11) is -2.41. The Morgan fingerprint density at radius 3 is 2.66 bits per heavy atom. The van der Waals surface area contributed by atoms with Gasteiger partial charge in [-0.2, -0.15) is 4.72 Å². The van der Waals surface area contributed by atoms with Crippen LogP contribution in [0.25, 0.3) is 10.2 Å². The maximum absolute atomic E-state index is 13.2. The van der Waals surface area contributed by atoms with E-state index in [9.17, 15) is 18.0 Å². The first-order chi connectivity index (χ1) is 16.6. The zero-order valence-corrected chi connectivity index (χ0v) is 21.6. The molecule has 2 aromatic carbocycles. The van der Waals surface area contributed by atoms with Crippen molar-refractivity contribution in [2.24, 2.45) is 5.92 Å². The molecule has 0 saturated carbocycles. The third-order valence-electron chi connectivity index (χ3n) is 5.92. The van der Waals surface area contributed by atoms with E-state index in [0.29, 0.717) is 35.8 Å². The van der Waals surface area contributed by atoms with Crippen molar-refractivity contribution >= 4 is 54.2 Å². The number of hydrogen-bond acceptors (Lipinski definition) is 7. The molecule has 0 aliphatic carbocycles. The van der Waals surface area contributed by atoms with Crippen LogP contribution in [0.1, 0.15) is 32.8 Å². The molecule has 11 heteroatoms. The highest BCUT2D eigenvalue weighted by molar-refractivity contribution is 7.89. The van der Waals surface area contributed by atoms with Gasteiger partial charge in [-0.15, -0.1) is 0 Å². The first-order valence-corrected chi connectivity index (χ1v) is 13.6. The smallest absolute Gasteiger partial charge is 0.244 e. The van der Waals surface area contributed by atoms with Crippen molar-refractivity contribution in [2.45, 2.75) is 44.6 Å². The minimum Gasteiger partial charge on any atom is -0.497 e. The fourth-order valence-electron chi connectivity index (χ4n) is 3.99. The topological polar surface area (TPSA) is 118 Å². The number of sulfonamides is 1. The lowest BCUT2D eigenvalue weighted by atomic mass is 10.1. The monoisotopic (exact) mass is 516 g/mol. The van der Waals surface area contributed by atoms with Crippen molar-refractivity contribution in [3.05, 3.63) is 42.0 Å². The first-order valence-electron chi connectivity index (χ1n) is 11.3. The van der Waals surface area contributed by atoms with Gasteiger partial charge in [-0.3, -0.25) is 9.59 Å². The molecule has 0 radical (unpaired) electrons. The van der Waals surface area contributed by atoms with E-state index >= 15 is 0 Å². The van der Waals surface area contributed by atoms with Crippen LogP contribution >= 0.6 is 11.3 Å². The molecule has 0 saturated heterocycles. The van der Waals surface area contributed by atoms with Crippen LogP contribution in [0.5, 0.6) is 5.75 Å². The number of rotatable bonds is 8. The molecule has 35 heavy (non-hydrogen) atoms. The highest BCUT2D eigenvalue weighted by atomic mass is 32.2. The van der Waals surface area contributed by atoms with Crippen LogP contribution in [-0.2, 0) is 26.0 Å². The maximum Gasteiger partial charge on any atom is 0.244 e. The minimum absolute atomic E-state index is 0.00214. The number of nitrogens with zero attached hydrogens (tertiary/aromatic N) is 2. The van der Waals surface area contributed by atoms with Crippen LogP contribution in [0, 0.1) is 5.92 Å². The number of fused-ring (bicyclic) bond motifs is 2. The predicted octanol–water partition coefficient (Wildman–Crippen LogP) is 3.55. The van der Waals surface area contributed by atoms with Crippen molar-refractivity contribution in [3.8, 4) is 5.75 Å². The van der Waals surface area contributed by atoms with Crippen molar-refractivity contribution in [1.29, 1.82) is 0 Å². The normalized spacial score (nSPS) is 14.3. The second kappa shape index (κ2) is 9.92. The van der Waals surface area contributed by atoms with E-state index in [1.807, 2.05) is 6.07 Å². The molecule has 2 amide bonds. The summed E-state index contributed by atoms with van der Waals surface area (Å²) in [6, 6.07) is 9.11. The Morgan fingerprint density at radius 2 is 1.97 bits per heavy atom. The van der Waals surface area contributed by atoms with E-state index in [1.54, 1.807) is 57.0 Å². The lowest BCUT2D eigenvalue weighted by Gasteiger charge is -2.21. The molecule has 1 aromatic heterocycles. The molecule has 0 unspecified atom stereocenters. The molecule has 2 heterocycles. The van der Waals surface area contributed by atoms with E-state index in [1.165, 1.54) is 17.4 Å². The van der Waals surface area contributed by atoms with E-state index in [4.69, 9.17) is 4.74 Å². The van der Waals surface area contributed by atoms with Gasteiger partial charge in [-0.25, -0.2) is 13.4 Å². The summed E-state index contributed by atoms with van der Waals surface area (Å²) in [6.07, 6.45) is 0.968. The van der Waals surface area contributed by atoms with Gasteiger partial charge in [0.1, 0.15) is 11.8 Å². The fraction of sp³-hybridized carbons (Fsp3) is 0.375. The number of aromatic nitrogens is 1. The summed E-state index contributed by atoms with van der Waals surface area (Å²) in [5, 5.41) is 3.12. The van der Waals surface area contributed by atoms with Crippen LogP contribution in [-0.4, -0.2) is 44.9 Å². The average Bonchev–Trinajstić information content (AvgIpc) is 3.44. The molecule has 9 nitrogen and oxygen atoms in total. The maximum atomic E-state index is 13.2. The third-order valence-corrected chi connectivity index (χ3v) is 8.29. The summed E-state index contributed by atoms with van der Waals surface area (Å²) in [5.41, 5.74) is 2.24. The molecular formula is C24H28N4O5S2. The van der Waals surface area contributed by atoms with Gasteiger partial charge in [0.05, 0.1) is 22.2 Å². The van der Waals surface area contributed by atoms with Crippen LogP contribution in [0.2, 0.25) is 0 Å². The molecule has 0 bridgehead atoms. The zero-order valence-electron chi connectivity index (χ0n) is 20.0. The van der Waals surface area contributed by atoms with Gasteiger partial charge in [-0.05, 0) is 54.3 Å². The van der Waals surface area contributed by atoms with E-state index in [2.05, 4.69) is 15.0 Å². The standard InChI is InChI=1S/C24H28N4O5S2/c1-5-21(29)28-11-10-15-12-17(7-9-19(15)28)35(31,32)27-22(14(2)3)23(30)26-24-25-18-8-6-16(33-4)13-20(18)34-24/h6-9,12-14,22,27H,5,10-11H2,1-4H3,(H,25,26,30)/t22-/m0/s1. The number of anilines is 2. The lowest BCUT2D eigenvalue weighted by Crippen LogP contribution is -2.47. The molecule has 2 N–H and O–H groups in total. The highest BCUT2D eigenvalue weighted by Gasteiger charge is 2.31. The first kappa shape index (κ1) is 25.1. The molecule has 1 aliphatic heterocycles. The SMILES string of the molecule is CCC(=O)N1CCc2cc(S(=O)(=O)N[C@H](C(=O)Nc3nc4ccc(OC)cc4s3)C(C)C)ccc21. The quantitative estimate of drug-likeness (QED) is 0.473. The molecule has 3 aromatic rings. The second-order valence-electron chi connectivity index (χ2n) is 8.62. The average molecular weight is 517 g/mol. The van der Waals surface area contributed by atoms with Gasteiger partial charge in [0.25, 0.3) is 0 Å².